The van der Waals surface area contributed by atoms with Crippen LogP contribution >= 0.6 is 23.4 Å². The summed E-state index contributed by atoms with van der Waals surface area (Å²) in [5, 5.41) is 0.533. The summed E-state index contributed by atoms with van der Waals surface area (Å²) in [5.41, 5.74) is 2.46. The monoisotopic (exact) mass is 432 g/mol. The van der Waals surface area contributed by atoms with Gasteiger partial charge in [-0.3, -0.25) is 9.59 Å². The predicted molar refractivity (Wildman–Crippen MR) is 113 cm³/mol. The number of ether oxygens (including phenoxy) is 2. The number of fused-ring (bicyclic) bond motifs is 2. The molecular formula is C21H21ClN2O4S. The largest absolute Gasteiger partial charge is 0.497 e. The van der Waals surface area contributed by atoms with Gasteiger partial charge in [0, 0.05) is 30.0 Å². The summed E-state index contributed by atoms with van der Waals surface area (Å²) in [6.45, 7) is 0.790. The number of carbonyl (C=O) groups excluding carboxylic acids is 2. The fourth-order valence-electron chi connectivity index (χ4n) is 3.95. The van der Waals surface area contributed by atoms with E-state index in [1.165, 1.54) is 18.9 Å². The zero-order chi connectivity index (χ0) is 20.6. The first kappa shape index (κ1) is 20.1. The van der Waals surface area contributed by atoms with Crippen LogP contribution in [-0.4, -0.2) is 49.8 Å². The highest BCUT2D eigenvalue weighted by Crippen LogP contribution is 2.55. The van der Waals surface area contributed by atoms with Gasteiger partial charge in [-0.05, 0) is 35.9 Å². The molecule has 1 spiro atoms. The number of methoxy groups -OCH3 is 2. The van der Waals surface area contributed by atoms with Gasteiger partial charge in [0.25, 0.3) is 5.91 Å². The maximum Gasteiger partial charge on any atom is 0.268 e. The minimum absolute atomic E-state index is 0.0681. The summed E-state index contributed by atoms with van der Waals surface area (Å²) in [5.74, 6) is 1.05. The van der Waals surface area contributed by atoms with E-state index in [1.54, 1.807) is 29.0 Å². The van der Waals surface area contributed by atoms with Gasteiger partial charge in [-0.1, -0.05) is 23.7 Å². The second kappa shape index (κ2) is 7.89. The third-order valence-electron chi connectivity index (χ3n) is 5.20. The molecule has 2 aromatic rings. The molecule has 0 N–H and O–H groups in total. The van der Waals surface area contributed by atoms with E-state index in [1.807, 2.05) is 30.3 Å². The summed E-state index contributed by atoms with van der Waals surface area (Å²) in [6.07, 6.45) is 0. The Hall–Kier alpha value is -2.22. The summed E-state index contributed by atoms with van der Waals surface area (Å²) in [4.78, 5) is 28.8. The van der Waals surface area contributed by atoms with Crippen molar-refractivity contribution in [2.75, 3.05) is 38.0 Å². The SMILES string of the molecule is COCC(=O)N1CCSC12C(=O)N(Cc1cccc(OC)c1)c1ccc(Cl)cc12. The number of hydrogen-bond acceptors (Lipinski definition) is 5. The number of benzene rings is 2. The smallest absolute Gasteiger partial charge is 0.268 e. The normalized spacial score (nSPS) is 20.4. The molecule has 1 unspecified atom stereocenters. The van der Waals surface area contributed by atoms with Gasteiger partial charge in [-0.2, -0.15) is 0 Å². The third-order valence-corrected chi connectivity index (χ3v) is 6.85. The number of halogens is 1. The number of rotatable bonds is 5. The molecular weight excluding hydrogens is 412 g/mol. The van der Waals surface area contributed by atoms with Gasteiger partial charge in [0.15, 0.2) is 4.87 Å². The van der Waals surface area contributed by atoms with Gasteiger partial charge >= 0.3 is 0 Å². The molecule has 0 radical (unpaired) electrons. The molecule has 8 heteroatoms. The van der Waals surface area contributed by atoms with Crippen LogP contribution < -0.4 is 9.64 Å². The molecule has 2 heterocycles. The number of anilines is 1. The maximum absolute atomic E-state index is 13.8. The lowest BCUT2D eigenvalue weighted by Gasteiger charge is -2.33. The van der Waals surface area contributed by atoms with Crippen LogP contribution in [-0.2, 0) is 25.7 Å². The van der Waals surface area contributed by atoms with Crippen LogP contribution in [0.4, 0.5) is 5.69 Å². The zero-order valence-corrected chi connectivity index (χ0v) is 17.8. The lowest BCUT2D eigenvalue weighted by molar-refractivity contribution is -0.143. The fraction of sp³-hybridized carbons (Fsp3) is 0.333. The molecule has 2 aliphatic heterocycles. The van der Waals surface area contributed by atoms with Crippen molar-refractivity contribution in [1.29, 1.82) is 0 Å². The number of carbonyl (C=O) groups is 2. The number of amides is 2. The molecule has 1 saturated heterocycles. The van der Waals surface area contributed by atoms with E-state index in [0.29, 0.717) is 23.9 Å². The quantitative estimate of drug-likeness (QED) is 0.725. The van der Waals surface area contributed by atoms with Crippen LogP contribution in [0.25, 0.3) is 0 Å². The first-order valence-electron chi connectivity index (χ1n) is 9.19. The van der Waals surface area contributed by atoms with Gasteiger partial charge in [0.05, 0.1) is 19.3 Å². The Morgan fingerprint density at radius 2 is 2.07 bits per heavy atom. The molecule has 2 amide bonds. The summed E-state index contributed by atoms with van der Waals surface area (Å²) < 4.78 is 10.4. The van der Waals surface area contributed by atoms with E-state index in [9.17, 15) is 9.59 Å². The second-order valence-corrected chi connectivity index (χ2v) is 8.60. The van der Waals surface area contributed by atoms with E-state index in [4.69, 9.17) is 21.1 Å². The summed E-state index contributed by atoms with van der Waals surface area (Å²) in [7, 11) is 3.09. The molecule has 1 fully saturated rings. The molecule has 1 atom stereocenters. The molecule has 6 nitrogen and oxygen atoms in total. The standard InChI is InChI=1S/C21H21ClN2O4S/c1-27-13-19(25)24-8-9-29-21(24)17-11-15(22)6-7-18(17)23(20(21)26)12-14-4-3-5-16(10-14)28-2/h3-7,10-11H,8-9,12-13H2,1-2H3. The van der Waals surface area contributed by atoms with Crippen molar-refractivity contribution < 1.29 is 19.1 Å². The predicted octanol–water partition coefficient (Wildman–Crippen LogP) is 3.27. The molecule has 0 saturated carbocycles. The zero-order valence-electron chi connectivity index (χ0n) is 16.2. The lowest BCUT2D eigenvalue weighted by atomic mass is 10.1. The van der Waals surface area contributed by atoms with Crippen molar-refractivity contribution in [1.82, 2.24) is 4.90 Å². The van der Waals surface area contributed by atoms with Crippen LogP contribution in [0.15, 0.2) is 42.5 Å². The van der Waals surface area contributed by atoms with Crippen LogP contribution in [0.1, 0.15) is 11.1 Å². The molecule has 0 aromatic heterocycles. The van der Waals surface area contributed by atoms with Crippen molar-refractivity contribution in [3.8, 4) is 5.75 Å². The molecule has 0 aliphatic carbocycles. The molecule has 4 rings (SSSR count). The summed E-state index contributed by atoms with van der Waals surface area (Å²) >= 11 is 7.76. The first-order valence-corrected chi connectivity index (χ1v) is 10.6. The Morgan fingerprint density at radius 1 is 1.24 bits per heavy atom. The fourth-order valence-corrected chi connectivity index (χ4v) is 5.60. The van der Waals surface area contributed by atoms with Crippen molar-refractivity contribution in [2.24, 2.45) is 0 Å². The molecule has 2 aliphatic rings. The number of hydrogen-bond donors (Lipinski definition) is 0. The Balaban J connectivity index is 1.78. The van der Waals surface area contributed by atoms with E-state index in [-0.39, 0.29) is 18.4 Å². The van der Waals surface area contributed by atoms with Gasteiger partial charge in [0.2, 0.25) is 5.91 Å². The highest BCUT2D eigenvalue weighted by molar-refractivity contribution is 8.01. The molecule has 29 heavy (non-hydrogen) atoms. The van der Waals surface area contributed by atoms with Crippen LogP contribution in [0.3, 0.4) is 0 Å². The molecule has 0 bridgehead atoms. The minimum atomic E-state index is -1.10. The second-order valence-electron chi connectivity index (χ2n) is 6.88. The Labute approximate surface area is 178 Å². The van der Waals surface area contributed by atoms with Crippen molar-refractivity contribution in [2.45, 2.75) is 11.4 Å². The van der Waals surface area contributed by atoms with E-state index >= 15 is 0 Å². The Kier molecular flexibility index (Phi) is 5.46. The van der Waals surface area contributed by atoms with E-state index < -0.39 is 4.87 Å². The topological polar surface area (TPSA) is 59.1 Å². The van der Waals surface area contributed by atoms with E-state index in [2.05, 4.69) is 0 Å². The van der Waals surface area contributed by atoms with Crippen molar-refractivity contribution in [3.05, 3.63) is 58.6 Å². The minimum Gasteiger partial charge on any atom is -0.497 e. The Morgan fingerprint density at radius 3 is 2.83 bits per heavy atom. The number of nitrogens with zero attached hydrogens (tertiary/aromatic N) is 2. The summed E-state index contributed by atoms with van der Waals surface area (Å²) in [6, 6.07) is 13.0. The van der Waals surface area contributed by atoms with Gasteiger partial charge < -0.3 is 19.3 Å². The first-order chi connectivity index (χ1) is 14.0. The van der Waals surface area contributed by atoms with Crippen molar-refractivity contribution in [3.63, 3.8) is 0 Å². The maximum atomic E-state index is 13.8. The highest BCUT2D eigenvalue weighted by atomic mass is 35.5. The van der Waals surface area contributed by atoms with Crippen LogP contribution in [0.5, 0.6) is 5.75 Å². The average Bonchev–Trinajstić information content (AvgIpc) is 3.26. The number of thioether (sulfide) groups is 1. The van der Waals surface area contributed by atoms with Crippen molar-refractivity contribution >= 4 is 40.9 Å². The van der Waals surface area contributed by atoms with E-state index in [0.717, 1.165) is 22.6 Å². The average molecular weight is 433 g/mol. The van der Waals surface area contributed by atoms with Crippen LogP contribution in [0, 0.1) is 0 Å². The molecule has 152 valence electrons. The molecule has 2 aromatic carbocycles. The Bertz CT molecular complexity index is 969. The highest BCUT2D eigenvalue weighted by Gasteiger charge is 2.59. The van der Waals surface area contributed by atoms with Gasteiger partial charge in [-0.25, -0.2) is 0 Å². The third kappa shape index (κ3) is 3.27. The van der Waals surface area contributed by atoms with Gasteiger partial charge in [0.1, 0.15) is 12.4 Å². The van der Waals surface area contributed by atoms with Gasteiger partial charge in [-0.15, -0.1) is 11.8 Å². The van der Waals surface area contributed by atoms with Crippen LogP contribution in [0.2, 0.25) is 5.02 Å². The lowest BCUT2D eigenvalue weighted by Crippen LogP contribution is -2.51.